The Labute approximate surface area is 123 Å². The van der Waals surface area contributed by atoms with Gasteiger partial charge in [0.15, 0.2) is 5.65 Å². The molecule has 3 rings (SSSR count). The molecule has 1 N–H and O–H groups in total. The maximum atomic E-state index is 4.52. The predicted octanol–water partition coefficient (Wildman–Crippen LogP) is 3.57. The lowest BCUT2D eigenvalue weighted by Gasteiger charge is -2.14. The Morgan fingerprint density at radius 2 is 2.39 bits per heavy atom. The topological polar surface area (TPSA) is 29.9 Å². The zero-order chi connectivity index (χ0) is 12.5. The Hall–Kier alpha value is -0.530. The molecule has 1 aliphatic rings. The molecule has 0 amide bonds. The van der Waals surface area contributed by atoms with Gasteiger partial charge in [-0.05, 0) is 43.2 Å². The molecule has 2 aromatic rings. The maximum absolute atomic E-state index is 4.52. The highest BCUT2D eigenvalue weighted by atomic mass is 127. The van der Waals surface area contributed by atoms with E-state index in [1.807, 2.05) is 6.20 Å². The summed E-state index contributed by atoms with van der Waals surface area (Å²) in [5, 5.41) is 4.62. The Morgan fingerprint density at radius 3 is 3.11 bits per heavy atom. The first-order valence-corrected chi connectivity index (χ1v) is 9.29. The summed E-state index contributed by atoms with van der Waals surface area (Å²) < 4.78 is 2.24. The zero-order valence-corrected chi connectivity index (χ0v) is 13.1. The number of aromatic nitrogens is 2. The van der Waals surface area contributed by atoms with Crippen LogP contribution >= 0.6 is 30.3 Å². The molecule has 0 atom stereocenters. The van der Waals surface area contributed by atoms with Crippen LogP contribution in [0, 0.1) is 6.92 Å². The summed E-state index contributed by atoms with van der Waals surface area (Å²) in [4.78, 5) is 4.52. The molecule has 94 valence electrons. The van der Waals surface area contributed by atoms with E-state index in [-0.39, 0.29) is 0 Å². The Balaban J connectivity index is 2.22. The van der Waals surface area contributed by atoms with Crippen LogP contribution in [0.3, 0.4) is 0 Å². The number of hydrogen-bond acceptors (Lipinski definition) is 3. The third kappa shape index (κ3) is 2.08. The molecule has 0 saturated carbocycles. The first-order chi connectivity index (χ1) is 8.81. The van der Waals surface area contributed by atoms with E-state index >= 15 is 0 Å². The molecular weight excluding hydrogens is 357 g/mol. The zero-order valence-electron chi connectivity index (χ0n) is 10.1. The van der Waals surface area contributed by atoms with Gasteiger partial charge >= 0.3 is 0 Å². The van der Waals surface area contributed by atoms with Crippen LogP contribution < -0.4 is 5.32 Å². The molecule has 0 unspecified atom stereocenters. The number of rotatable bonds is 2. The molecule has 0 saturated heterocycles. The van der Waals surface area contributed by atoms with Crippen LogP contribution in [0.2, 0.25) is 0 Å². The second-order valence-corrected chi connectivity index (χ2v) is 6.13. The maximum Gasteiger partial charge on any atom is 0.151 e. The van der Waals surface area contributed by atoms with Crippen molar-refractivity contribution in [2.75, 3.05) is 13.1 Å². The number of aryl methyl sites for hydroxylation is 1. The van der Waals surface area contributed by atoms with Crippen LogP contribution in [0.4, 0.5) is 0 Å². The molecular formula is C13H14IN3S. The van der Waals surface area contributed by atoms with Gasteiger partial charge in [-0.15, -0.1) is 0 Å². The predicted molar refractivity (Wildman–Crippen MR) is 86.9 cm³/mol. The SMILES string of the molecule is Cc1ccnc2c1cc(C1=CCNCC1)n2SI. The molecule has 0 aromatic carbocycles. The van der Waals surface area contributed by atoms with E-state index in [9.17, 15) is 0 Å². The summed E-state index contributed by atoms with van der Waals surface area (Å²) in [5.74, 6) is 0. The highest BCUT2D eigenvalue weighted by molar-refractivity contribution is 14.2. The van der Waals surface area contributed by atoms with Crippen molar-refractivity contribution in [3.05, 3.63) is 35.7 Å². The molecule has 1 aliphatic heterocycles. The number of nitrogens with zero attached hydrogens (tertiary/aromatic N) is 2. The van der Waals surface area contributed by atoms with Crippen molar-refractivity contribution >= 4 is 46.9 Å². The molecule has 3 nitrogen and oxygen atoms in total. The van der Waals surface area contributed by atoms with Gasteiger partial charge in [-0.1, -0.05) is 6.08 Å². The van der Waals surface area contributed by atoms with E-state index in [0.29, 0.717) is 0 Å². The Morgan fingerprint density at radius 1 is 1.50 bits per heavy atom. The lowest BCUT2D eigenvalue weighted by atomic mass is 10.1. The highest BCUT2D eigenvalue weighted by Crippen LogP contribution is 2.33. The average Bonchev–Trinajstić information content (AvgIpc) is 2.80. The van der Waals surface area contributed by atoms with Crippen molar-refractivity contribution < 1.29 is 0 Å². The van der Waals surface area contributed by atoms with Gasteiger partial charge in [0.1, 0.15) is 0 Å². The fourth-order valence-corrected chi connectivity index (χ4v) is 4.00. The molecule has 0 spiro atoms. The van der Waals surface area contributed by atoms with Crippen LogP contribution in [-0.2, 0) is 0 Å². The highest BCUT2D eigenvalue weighted by Gasteiger charge is 2.15. The normalized spacial score (nSPS) is 16.0. The van der Waals surface area contributed by atoms with Crippen molar-refractivity contribution in [1.82, 2.24) is 14.3 Å². The molecule has 0 radical (unpaired) electrons. The van der Waals surface area contributed by atoms with Crippen molar-refractivity contribution in [3.8, 4) is 0 Å². The second-order valence-electron chi connectivity index (χ2n) is 4.44. The summed E-state index contributed by atoms with van der Waals surface area (Å²) in [6, 6.07) is 4.35. The van der Waals surface area contributed by atoms with E-state index in [0.717, 1.165) is 25.2 Å². The first kappa shape index (κ1) is 12.5. The molecule has 18 heavy (non-hydrogen) atoms. The van der Waals surface area contributed by atoms with Crippen LogP contribution in [0.1, 0.15) is 17.7 Å². The number of hydrogen-bond donors (Lipinski definition) is 1. The van der Waals surface area contributed by atoms with Gasteiger partial charge in [0.25, 0.3) is 0 Å². The van der Waals surface area contributed by atoms with Gasteiger partial charge in [-0.3, -0.25) is 3.97 Å². The Bertz CT molecular complexity index is 618. The minimum Gasteiger partial charge on any atom is -0.313 e. The molecule has 2 aromatic heterocycles. The fourth-order valence-electron chi connectivity index (χ4n) is 2.35. The third-order valence-electron chi connectivity index (χ3n) is 3.34. The van der Waals surface area contributed by atoms with E-state index in [2.05, 4.69) is 60.6 Å². The minimum atomic E-state index is 0.967. The molecule has 0 aliphatic carbocycles. The lowest BCUT2D eigenvalue weighted by Crippen LogP contribution is -2.20. The summed E-state index contributed by atoms with van der Waals surface area (Å²) in [6.07, 6.45) is 5.27. The summed E-state index contributed by atoms with van der Waals surface area (Å²) in [7, 11) is 1.70. The van der Waals surface area contributed by atoms with Gasteiger partial charge in [0, 0.05) is 48.5 Å². The fraction of sp³-hybridized carbons (Fsp3) is 0.308. The third-order valence-corrected chi connectivity index (χ3v) is 5.03. The second kappa shape index (κ2) is 5.22. The number of fused-ring (bicyclic) bond motifs is 1. The Kier molecular flexibility index (Phi) is 3.63. The summed E-state index contributed by atoms with van der Waals surface area (Å²) in [5.41, 5.74) is 5.09. The largest absolute Gasteiger partial charge is 0.313 e. The quantitative estimate of drug-likeness (QED) is 0.819. The molecule has 5 heteroatoms. The van der Waals surface area contributed by atoms with Gasteiger partial charge in [0.2, 0.25) is 0 Å². The lowest BCUT2D eigenvalue weighted by molar-refractivity contribution is 0.737. The molecule has 3 heterocycles. The van der Waals surface area contributed by atoms with Crippen LogP contribution in [0.25, 0.3) is 16.6 Å². The van der Waals surface area contributed by atoms with E-state index in [4.69, 9.17) is 0 Å². The van der Waals surface area contributed by atoms with E-state index < -0.39 is 0 Å². The van der Waals surface area contributed by atoms with Crippen molar-refractivity contribution in [2.45, 2.75) is 13.3 Å². The smallest absolute Gasteiger partial charge is 0.151 e. The summed E-state index contributed by atoms with van der Waals surface area (Å²) >= 11 is 2.33. The van der Waals surface area contributed by atoms with Crippen molar-refractivity contribution in [2.24, 2.45) is 0 Å². The monoisotopic (exact) mass is 371 g/mol. The van der Waals surface area contributed by atoms with Crippen LogP contribution in [0.5, 0.6) is 0 Å². The van der Waals surface area contributed by atoms with Crippen molar-refractivity contribution in [3.63, 3.8) is 0 Å². The molecule has 0 bridgehead atoms. The van der Waals surface area contributed by atoms with Gasteiger partial charge in [-0.25, -0.2) is 4.98 Å². The first-order valence-electron chi connectivity index (χ1n) is 5.97. The molecule has 0 fully saturated rings. The summed E-state index contributed by atoms with van der Waals surface area (Å²) in [6.45, 7) is 4.17. The van der Waals surface area contributed by atoms with Crippen LogP contribution in [0.15, 0.2) is 24.4 Å². The van der Waals surface area contributed by atoms with E-state index in [1.165, 1.54) is 22.2 Å². The van der Waals surface area contributed by atoms with Gasteiger partial charge in [0.05, 0.1) is 5.69 Å². The number of pyridine rings is 1. The van der Waals surface area contributed by atoms with Gasteiger partial charge < -0.3 is 5.32 Å². The van der Waals surface area contributed by atoms with Gasteiger partial charge in [-0.2, -0.15) is 0 Å². The van der Waals surface area contributed by atoms with Crippen LogP contribution in [-0.4, -0.2) is 22.0 Å². The average molecular weight is 371 g/mol. The standard InChI is InChI=1S/C13H14IN3S/c1-9-2-7-16-13-11(9)8-12(17(13)18-14)10-3-5-15-6-4-10/h2-3,7-8,15H,4-6H2,1H3. The number of nitrogens with one attached hydrogen (secondary N) is 1. The van der Waals surface area contributed by atoms with E-state index in [1.54, 1.807) is 9.12 Å². The van der Waals surface area contributed by atoms with Crippen molar-refractivity contribution in [1.29, 1.82) is 0 Å². The number of halogens is 1. The minimum absolute atomic E-state index is 0.967.